The minimum Gasteiger partial charge on any atom is -0.306 e. The van der Waals surface area contributed by atoms with E-state index in [9.17, 15) is 28.0 Å². The van der Waals surface area contributed by atoms with E-state index in [1.54, 1.807) is 5.32 Å². The number of nitriles is 1. The van der Waals surface area contributed by atoms with Gasteiger partial charge in [0.1, 0.15) is 23.0 Å². The van der Waals surface area contributed by atoms with Crippen LogP contribution in [0.3, 0.4) is 0 Å². The van der Waals surface area contributed by atoms with Crippen molar-refractivity contribution in [3.63, 3.8) is 0 Å². The molecule has 0 radical (unpaired) electrons. The number of nitrogens with one attached hydrogen (secondary N) is 2. The largest absolute Gasteiger partial charge is 0.326 e. The standard InChI is InChI=1S/C22H12Cl2F3N3O2/c23-15-9-19(29-22(32)30-21(31)20-17(26)2-1-3-18(20)27)16(24)8-13(15)14(10-28)11-4-6-12(25)7-5-11/h1-9,14H,(H2,29,30,31,32). The molecule has 3 aromatic carbocycles. The monoisotopic (exact) mass is 477 g/mol. The molecule has 3 amide bonds. The first-order valence-corrected chi connectivity index (χ1v) is 9.67. The summed E-state index contributed by atoms with van der Waals surface area (Å²) >= 11 is 12.4. The summed E-state index contributed by atoms with van der Waals surface area (Å²) in [7, 11) is 0. The molecule has 0 heterocycles. The van der Waals surface area contributed by atoms with E-state index in [2.05, 4.69) is 11.4 Å². The van der Waals surface area contributed by atoms with E-state index in [0.29, 0.717) is 11.1 Å². The minimum atomic E-state index is -1.29. The van der Waals surface area contributed by atoms with Crippen LogP contribution in [0.1, 0.15) is 27.4 Å². The Morgan fingerprint density at radius 2 is 1.56 bits per heavy atom. The van der Waals surface area contributed by atoms with Crippen LogP contribution in [0, 0.1) is 28.8 Å². The smallest absolute Gasteiger partial charge is 0.306 e. The molecular weight excluding hydrogens is 466 g/mol. The van der Waals surface area contributed by atoms with Crippen LogP contribution in [0.5, 0.6) is 0 Å². The predicted octanol–water partition coefficient (Wildman–Crippen LogP) is 6.03. The van der Waals surface area contributed by atoms with Crippen molar-refractivity contribution in [2.24, 2.45) is 0 Å². The molecular formula is C22H12Cl2F3N3O2. The first-order chi connectivity index (χ1) is 15.2. The molecule has 0 aliphatic carbocycles. The number of anilines is 1. The van der Waals surface area contributed by atoms with Gasteiger partial charge in [-0.3, -0.25) is 10.1 Å². The van der Waals surface area contributed by atoms with Crippen LogP contribution < -0.4 is 10.6 Å². The summed E-state index contributed by atoms with van der Waals surface area (Å²) in [6.45, 7) is 0. The van der Waals surface area contributed by atoms with Gasteiger partial charge >= 0.3 is 6.03 Å². The first kappa shape index (κ1) is 23.1. The molecule has 0 aliphatic heterocycles. The lowest BCUT2D eigenvalue weighted by molar-refractivity contribution is 0.0959. The Morgan fingerprint density at radius 1 is 0.938 bits per heavy atom. The van der Waals surface area contributed by atoms with Gasteiger partial charge in [-0.25, -0.2) is 18.0 Å². The molecule has 1 atom stereocenters. The van der Waals surface area contributed by atoms with E-state index in [1.807, 2.05) is 0 Å². The number of hydrogen-bond acceptors (Lipinski definition) is 3. The van der Waals surface area contributed by atoms with Crippen LogP contribution in [0.15, 0.2) is 54.6 Å². The van der Waals surface area contributed by atoms with Gasteiger partial charge in [-0.2, -0.15) is 5.26 Å². The van der Waals surface area contributed by atoms with Crippen LogP contribution in [-0.2, 0) is 0 Å². The molecule has 1 unspecified atom stereocenters. The van der Waals surface area contributed by atoms with E-state index in [4.69, 9.17) is 23.2 Å². The Hall–Kier alpha value is -3.54. The zero-order valence-electron chi connectivity index (χ0n) is 15.9. The molecule has 3 rings (SSSR count). The Balaban J connectivity index is 1.80. The Labute approximate surface area is 190 Å². The van der Waals surface area contributed by atoms with Gasteiger partial charge in [0.2, 0.25) is 0 Å². The van der Waals surface area contributed by atoms with E-state index in [1.165, 1.54) is 36.4 Å². The van der Waals surface area contributed by atoms with Gasteiger partial charge in [0, 0.05) is 5.02 Å². The highest BCUT2D eigenvalue weighted by molar-refractivity contribution is 6.36. The summed E-state index contributed by atoms with van der Waals surface area (Å²) < 4.78 is 40.6. The maximum atomic E-state index is 13.7. The number of imide groups is 1. The van der Waals surface area contributed by atoms with Gasteiger partial charge in [0.25, 0.3) is 5.91 Å². The molecule has 0 aromatic heterocycles. The van der Waals surface area contributed by atoms with Gasteiger partial charge in [-0.1, -0.05) is 41.4 Å². The van der Waals surface area contributed by atoms with E-state index < -0.39 is 40.9 Å². The maximum absolute atomic E-state index is 13.7. The fourth-order valence-corrected chi connectivity index (χ4v) is 3.38. The third-order valence-electron chi connectivity index (χ3n) is 4.39. The Bertz CT molecular complexity index is 1220. The number of benzene rings is 3. The third kappa shape index (κ3) is 5.02. The second-order valence-corrected chi connectivity index (χ2v) is 7.29. The zero-order valence-corrected chi connectivity index (χ0v) is 17.4. The van der Waals surface area contributed by atoms with Crippen molar-refractivity contribution < 1.29 is 22.8 Å². The van der Waals surface area contributed by atoms with Gasteiger partial charge in [0.05, 0.1) is 22.7 Å². The van der Waals surface area contributed by atoms with Gasteiger partial charge in [-0.15, -0.1) is 0 Å². The highest BCUT2D eigenvalue weighted by Crippen LogP contribution is 2.36. The topological polar surface area (TPSA) is 82.0 Å². The number of carbonyl (C=O) groups is 2. The SMILES string of the molecule is N#CC(c1ccc(F)cc1)c1cc(Cl)c(NC(=O)NC(=O)c2c(F)cccc2F)cc1Cl. The molecule has 0 spiro atoms. The zero-order chi connectivity index (χ0) is 23.4. The summed E-state index contributed by atoms with van der Waals surface area (Å²) in [5, 5.41) is 13.7. The molecule has 0 bridgehead atoms. The first-order valence-electron chi connectivity index (χ1n) is 8.91. The summed E-state index contributed by atoms with van der Waals surface area (Å²) in [5.74, 6) is -4.90. The fraction of sp³-hybridized carbons (Fsp3) is 0.0455. The van der Waals surface area contributed by atoms with E-state index in [-0.39, 0.29) is 15.7 Å². The summed E-state index contributed by atoms with van der Waals surface area (Å²) in [4.78, 5) is 24.2. The summed E-state index contributed by atoms with van der Waals surface area (Å²) in [5.41, 5.74) is -0.155. The average Bonchev–Trinajstić information content (AvgIpc) is 2.73. The maximum Gasteiger partial charge on any atom is 0.326 e. The molecule has 0 aliphatic rings. The lowest BCUT2D eigenvalue weighted by Gasteiger charge is -2.15. The number of nitrogens with zero attached hydrogens (tertiary/aromatic N) is 1. The number of hydrogen-bond donors (Lipinski definition) is 2. The number of urea groups is 1. The van der Waals surface area contributed by atoms with E-state index in [0.717, 1.165) is 18.2 Å². The molecule has 5 nitrogen and oxygen atoms in total. The van der Waals surface area contributed by atoms with Gasteiger partial charge in [-0.05, 0) is 47.5 Å². The summed E-state index contributed by atoms with van der Waals surface area (Å²) in [6.07, 6.45) is 0. The molecule has 2 N–H and O–H groups in total. The van der Waals surface area contributed by atoms with Gasteiger partial charge in [0.15, 0.2) is 0 Å². The second-order valence-electron chi connectivity index (χ2n) is 6.47. The van der Waals surface area contributed by atoms with Gasteiger partial charge < -0.3 is 5.32 Å². The van der Waals surface area contributed by atoms with E-state index >= 15 is 0 Å². The fourth-order valence-electron chi connectivity index (χ4n) is 2.89. The molecule has 162 valence electrons. The molecule has 0 saturated heterocycles. The van der Waals surface area contributed by atoms with Crippen LogP contribution >= 0.6 is 23.2 Å². The summed E-state index contributed by atoms with van der Waals surface area (Å²) in [6, 6.07) is 11.6. The van der Waals surface area contributed by atoms with Crippen molar-refractivity contribution in [3.05, 3.63) is 98.8 Å². The third-order valence-corrected chi connectivity index (χ3v) is 5.03. The van der Waals surface area contributed by atoms with Crippen molar-refractivity contribution in [3.8, 4) is 6.07 Å². The number of rotatable bonds is 4. The quantitative estimate of drug-likeness (QED) is 0.481. The highest BCUT2D eigenvalue weighted by Gasteiger charge is 2.22. The molecule has 0 saturated carbocycles. The normalized spacial score (nSPS) is 11.4. The Morgan fingerprint density at radius 3 is 2.16 bits per heavy atom. The number of carbonyl (C=O) groups excluding carboxylic acids is 2. The minimum absolute atomic E-state index is 0.0180. The van der Waals surface area contributed by atoms with Crippen LogP contribution in [0.4, 0.5) is 23.7 Å². The number of amides is 3. The van der Waals surface area contributed by atoms with Crippen molar-refractivity contribution in [1.82, 2.24) is 5.32 Å². The van der Waals surface area contributed by atoms with Crippen molar-refractivity contribution >= 4 is 40.8 Å². The average molecular weight is 478 g/mol. The highest BCUT2D eigenvalue weighted by atomic mass is 35.5. The lowest BCUT2D eigenvalue weighted by atomic mass is 9.92. The predicted molar refractivity (Wildman–Crippen MR) is 113 cm³/mol. The number of halogens is 5. The molecule has 32 heavy (non-hydrogen) atoms. The van der Waals surface area contributed by atoms with Crippen LogP contribution in [0.2, 0.25) is 10.0 Å². The molecule has 0 fully saturated rings. The second kappa shape index (κ2) is 9.73. The van der Waals surface area contributed by atoms with Crippen LogP contribution in [0.25, 0.3) is 0 Å². The van der Waals surface area contributed by atoms with Crippen molar-refractivity contribution in [2.75, 3.05) is 5.32 Å². The van der Waals surface area contributed by atoms with Crippen molar-refractivity contribution in [1.29, 1.82) is 5.26 Å². The van der Waals surface area contributed by atoms with Crippen molar-refractivity contribution in [2.45, 2.75) is 5.92 Å². The Kier molecular flexibility index (Phi) is 7.03. The molecule has 10 heteroatoms. The molecule has 3 aromatic rings. The lowest BCUT2D eigenvalue weighted by Crippen LogP contribution is -2.35. The van der Waals surface area contributed by atoms with Crippen LogP contribution in [-0.4, -0.2) is 11.9 Å².